The Morgan fingerprint density at radius 2 is 1.88 bits per heavy atom. The molecule has 1 rings (SSSR count). The molecule has 1 amide bonds. The van der Waals surface area contributed by atoms with E-state index in [4.69, 9.17) is 10.5 Å². The van der Waals surface area contributed by atoms with Crippen LogP contribution >= 0.6 is 0 Å². The van der Waals surface area contributed by atoms with Gasteiger partial charge in [-0.25, -0.2) is 0 Å². The number of benzene rings is 1. The van der Waals surface area contributed by atoms with Gasteiger partial charge in [0.15, 0.2) is 0 Å². The molecule has 3 nitrogen and oxygen atoms in total. The minimum absolute atomic E-state index is 0.322. The third-order valence-electron chi connectivity index (χ3n) is 2.96. The number of carbonyl (C=O) groups is 1. The number of hydrogen-bond acceptors (Lipinski definition) is 2. The molecule has 0 spiro atoms. The van der Waals surface area contributed by atoms with Crippen LogP contribution in [0.5, 0.6) is 5.75 Å². The topological polar surface area (TPSA) is 52.3 Å². The molecule has 0 saturated carbocycles. The van der Waals surface area contributed by atoms with Crippen LogP contribution in [0, 0.1) is 0 Å². The molecule has 1 aromatic carbocycles. The smallest absolute Gasteiger partial charge is 0.227 e. The Hall–Kier alpha value is -1.51. The summed E-state index contributed by atoms with van der Waals surface area (Å²) in [5.74, 6) is 0.514. The van der Waals surface area contributed by atoms with Crippen molar-refractivity contribution in [2.75, 3.05) is 6.61 Å². The maximum Gasteiger partial charge on any atom is 0.227 e. The normalized spacial score (nSPS) is 11.2. The van der Waals surface area contributed by atoms with Gasteiger partial charge in [-0.1, -0.05) is 25.5 Å². The molecule has 0 aliphatic carbocycles. The zero-order valence-corrected chi connectivity index (χ0v) is 10.8. The number of hydrogen-bond donors (Lipinski definition) is 1. The number of ether oxygens (including phenoxy) is 1. The van der Waals surface area contributed by atoms with E-state index in [1.165, 1.54) is 0 Å². The summed E-state index contributed by atoms with van der Waals surface area (Å²) in [4.78, 5) is 11.3. The predicted octanol–water partition coefficient (Wildman–Crippen LogP) is 2.63. The van der Waals surface area contributed by atoms with Crippen LogP contribution in [0.2, 0.25) is 0 Å². The number of unbranched alkanes of at least 4 members (excludes halogenated alkanes) is 1. The van der Waals surface area contributed by atoms with Crippen molar-refractivity contribution in [2.24, 2.45) is 5.73 Å². The fourth-order valence-corrected chi connectivity index (χ4v) is 1.44. The molecule has 3 heteroatoms. The fourth-order valence-electron chi connectivity index (χ4n) is 1.44. The van der Waals surface area contributed by atoms with E-state index in [-0.39, 0.29) is 5.91 Å². The molecule has 0 heterocycles. The lowest BCUT2D eigenvalue weighted by Crippen LogP contribution is -2.35. The molecule has 0 atom stereocenters. The summed E-state index contributed by atoms with van der Waals surface area (Å²) in [6.07, 6.45) is 2.17. The molecular formula is C14H21NO2. The predicted molar refractivity (Wildman–Crippen MR) is 69.1 cm³/mol. The van der Waals surface area contributed by atoms with Crippen molar-refractivity contribution in [2.45, 2.75) is 39.0 Å². The molecule has 0 aliphatic heterocycles. The monoisotopic (exact) mass is 235 g/mol. The van der Waals surface area contributed by atoms with E-state index < -0.39 is 5.41 Å². The van der Waals surface area contributed by atoms with Crippen LogP contribution < -0.4 is 10.5 Å². The first kappa shape index (κ1) is 13.6. The van der Waals surface area contributed by atoms with Crippen molar-refractivity contribution < 1.29 is 9.53 Å². The van der Waals surface area contributed by atoms with Crippen molar-refractivity contribution >= 4 is 5.91 Å². The first-order chi connectivity index (χ1) is 7.98. The maximum absolute atomic E-state index is 11.3. The van der Waals surface area contributed by atoms with Crippen LogP contribution in [-0.2, 0) is 10.2 Å². The lowest BCUT2D eigenvalue weighted by molar-refractivity contribution is -0.122. The zero-order chi connectivity index (χ0) is 12.9. The van der Waals surface area contributed by atoms with Gasteiger partial charge < -0.3 is 10.5 Å². The van der Waals surface area contributed by atoms with Gasteiger partial charge in [-0.15, -0.1) is 0 Å². The summed E-state index contributed by atoms with van der Waals surface area (Å²) in [6, 6.07) is 7.56. The second kappa shape index (κ2) is 5.71. The van der Waals surface area contributed by atoms with Gasteiger partial charge >= 0.3 is 0 Å². The number of primary amides is 1. The largest absolute Gasteiger partial charge is 0.494 e. The Morgan fingerprint density at radius 3 is 2.35 bits per heavy atom. The molecule has 17 heavy (non-hydrogen) atoms. The van der Waals surface area contributed by atoms with Crippen LogP contribution in [0.15, 0.2) is 24.3 Å². The molecule has 1 aromatic rings. The van der Waals surface area contributed by atoms with Gasteiger partial charge in [-0.3, -0.25) is 4.79 Å². The highest BCUT2D eigenvalue weighted by atomic mass is 16.5. The van der Waals surface area contributed by atoms with Crippen molar-refractivity contribution in [1.29, 1.82) is 0 Å². The maximum atomic E-state index is 11.3. The molecule has 0 radical (unpaired) electrons. The lowest BCUT2D eigenvalue weighted by atomic mass is 9.84. The van der Waals surface area contributed by atoms with Crippen molar-refractivity contribution in [3.63, 3.8) is 0 Å². The van der Waals surface area contributed by atoms with Crippen molar-refractivity contribution in [1.82, 2.24) is 0 Å². The van der Waals surface area contributed by atoms with Crippen LogP contribution in [-0.4, -0.2) is 12.5 Å². The van der Waals surface area contributed by atoms with E-state index in [0.29, 0.717) is 0 Å². The van der Waals surface area contributed by atoms with Crippen molar-refractivity contribution in [3.05, 3.63) is 29.8 Å². The van der Waals surface area contributed by atoms with E-state index in [1.54, 1.807) is 0 Å². The van der Waals surface area contributed by atoms with Gasteiger partial charge in [0.2, 0.25) is 5.91 Å². The number of amides is 1. The van der Waals surface area contributed by atoms with E-state index in [2.05, 4.69) is 6.92 Å². The molecule has 0 saturated heterocycles. The van der Waals surface area contributed by atoms with Gasteiger partial charge in [-0.2, -0.15) is 0 Å². The van der Waals surface area contributed by atoms with Gasteiger partial charge in [-0.05, 0) is 38.0 Å². The second-order valence-corrected chi connectivity index (χ2v) is 4.72. The summed E-state index contributed by atoms with van der Waals surface area (Å²) in [5.41, 5.74) is 5.64. The van der Waals surface area contributed by atoms with Crippen LogP contribution in [0.4, 0.5) is 0 Å². The van der Waals surface area contributed by atoms with Gasteiger partial charge in [0, 0.05) is 0 Å². The molecular weight excluding hydrogens is 214 g/mol. The molecule has 0 bridgehead atoms. The Kier molecular flexibility index (Phi) is 4.55. The number of carbonyl (C=O) groups excluding carboxylic acids is 1. The minimum Gasteiger partial charge on any atom is -0.494 e. The lowest BCUT2D eigenvalue weighted by Gasteiger charge is -2.21. The standard InChI is InChI=1S/C14H21NO2/c1-4-5-10-17-12-8-6-11(7-9-12)14(2,3)13(15)16/h6-9H,4-5,10H2,1-3H3,(H2,15,16). The first-order valence-electron chi connectivity index (χ1n) is 6.01. The average molecular weight is 235 g/mol. The molecule has 0 aliphatic rings. The fraction of sp³-hybridized carbons (Fsp3) is 0.500. The molecule has 2 N–H and O–H groups in total. The molecule has 0 fully saturated rings. The molecule has 0 unspecified atom stereocenters. The van der Waals surface area contributed by atoms with Crippen LogP contribution in [0.3, 0.4) is 0 Å². The van der Waals surface area contributed by atoms with Gasteiger partial charge in [0.1, 0.15) is 5.75 Å². The van der Waals surface area contributed by atoms with Gasteiger partial charge in [0.25, 0.3) is 0 Å². The second-order valence-electron chi connectivity index (χ2n) is 4.72. The van der Waals surface area contributed by atoms with Crippen LogP contribution in [0.1, 0.15) is 39.2 Å². The third-order valence-corrected chi connectivity index (χ3v) is 2.96. The summed E-state index contributed by atoms with van der Waals surface area (Å²) < 4.78 is 5.56. The average Bonchev–Trinajstić information content (AvgIpc) is 2.30. The highest BCUT2D eigenvalue weighted by Gasteiger charge is 2.26. The Bertz CT molecular complexity index is 368. The van der Waals surface area contributed by atoms with Gasteiger partial charge in [0.05, 0.1) is 12.0 Å². The summed E-state index contributed by atoms with van der Waals surface area (Å²) in [5, 5.41) is 0. The van der Waals surface area contributed by atoms with E-state index in [9.17, 15) is 4.79 Å². The Labute approximate surface area is 103 Å². The summed E-state index contributed by atoms with van der Waals surface area (Å²) in [7, 11) is 0. The number of rotatable bonds is 6. The van der Waals surface area contributed by atoms with E-state index in [0.717, 1.165) is 30.8 Å². The SMILES string of the molecule is CCCCOc1ccc(C(C)(C)C(N)=O)cc1. The quantitative estimate of drug-likeness (QED) is 0.771. The summed E-state index contributed by atoms with van der Waals surface area (Å²) in [6.45, 7) is 6.50. The first-order valence-corrected chi connectivity index (χ1v) is 6.01. The minimum atomic E-state index is -0.637. The highest BCUT2D eigenvalue weighted by molar-refractivity contribution is 5.85. The van der Waals surface area contributed by atoms with Crippen LogP contribution in [0.25, 0.3) is 0 Å². The Balaban J connectivity index is 2.71. The molecule has 0 aromatic heterocycles. The van der Waals surface area contributed by atoms with E-state index in [1.807, 2.05) is 38.1 Å². The number of nitrogens with two attached hydrogens (primary N) is 1. The zero-order valence-electron chi connectivity index (χ0n) is 10.8. The van der Waals surface area contributed by atoms with Crippen molar-refractivity contribution in [3.8, 4) is 5.75 Å². The van der Waals surface area contributed by atoms with E-state index >= 15 is 0 Å². The third kappa shape index (κ3) is 3.48. The summed E-state index contributed by atoms with van der Waals surface area (Å²) >= 11 is 0. The highest BCUT2D eigenvalue weighted by Crippen LogP contribution is 2.24. The molecule has 94 valence electrons. The Morgan fingerprint density at radius 1 is 1.29 bits per heavy atom.